The Morgan fingerprint density at radius 1 is 1.06 bits per heavy atom. The molecule has 1 unspecified atom stereocenters. The van der Waals surface area contributed by atoms with Crippen molar-refractivity contribution >= 4 is 23.0 Å². The van der Waals surface area contributed by atoms with Crippen molar-refractivity contribution in [1.82, 2.24) is 19.3 Å². The van der Waals surface area contributed by atoms with Gasteiger partial charge in [0.05, 0.1) is 17.3 Å². The summed E-state index contributed by atoms with van der Waals surface area (Å²) in [5, 5.41) is 0. The van der Waals surface area contributed by atoms with E-state index in [2.05, 4.69) is 44.8 Å². The third-order valence-corrected chi connectivity index (χ3v) is 7.38. The molecule has 1 aromatic carbocycles. The molecule has 0 N–H and O–H groups in total. The van der Waals surface area contributed by atoms with Gasteiger partial charge in [-0.15, -0.1) is 0 Å². The number of aromatic nitrogens is 3. The Balaban J connectivity index is 1.36. The van der Waals surface area contributed by atoms with Gasteiger partial charge in [-0.1, -0.05) is 36.2 Å². The van der Waals surface area contributed by atoms with Crippen molar-refractivity contribution in [3.05, 3.63) is 48.3 Å². The Kier molecular flexibility index (Phi) is 6.86. The number of benzene rings is 1. The first-order valence-corrected chi connectivity index (χ1v) is 12.7. The maximum Gasteiger partial charge on any atom is 0.242 e. The average Bonchev–Trinajstić information content (AvgIpc) is 2.88. The Morgan fingerprint density at radius 2 is 1.88 bits per heavy atom. The zero-order valence-electron chi connectivity index (χ0n) is 18.6. The summed E-state index contributed by atoms with van der Waals surface area (Å²) < 4.78 is 14.4. The van der Waals surface area contributed by atoms with Crippen molar-refractivity contribution in [2.24, 2.45) is 0 Å². The van der Waals surface area contributed by atoms with Gasteiger partial charge >= 0.3 is 0 Å². The summed E-state index contributed by atoms with van der Waals surface area (Å²) in [7, 11) is 0. The van der Waals surface area contributed by atoms with Crippen molar-refractivity contribution in [3.63, 3.8) is 0 Å². The van der Waals surface area contributed by atoms with E-state index < -0.39 is 0 Å². The summed E-state index contributed by atoms with van der Waals surface area (Å²) in [4.78, 5) is 13.8. The van der Waals surface area contributed by atoms with Gasteiger partial charge in [0.25, 0.3) is 0 Å². The Hall–Kier alpha value is -2.22. The molecule has 0 spiro atoms. The van der Waals surface area contributed by atoms with E-state index in [9.17, 15) is 0 Å². The van der Waals surface area contributed by atoms with Crippen LogP contribution in [-0.2, 0) is 4.74 Å². The van der Waals surface area contributed by atoms with Gasteiger partial charge in [-0.3, -0.25) is 9.29 Å². The molecule has 1 atom stereocenters. The van der Waals surface area contributed by atoms with Crippen LogP contribution in [0.5, 0.6) is 5.88 Å². The van der Waals surface area contributed by atoms with Gasteiger partial charge in [0.1, 0.15) is 6.61 Å². The third-order valence-electron chi connectivity index (χ3n) is 6.49. The van der Waals surface area contributed by atoms with Gasteiger partial charge in [-0.2, -0.15) is 0 Å². The average molecular weight is 451 g/mol. The van der Waals surface area contributed by atoms with E-state index in [1.54, 1.807) is 12.4 Å². The summed E-state index contributed by atoms with van der Waals surface area (Å²) >= 11 is 1.85. The maximum atomic E-state index is 6.12. The second-order valence-electron chi connectivity index (χ2n) is 8.54. The number of hydrogen-bond acceptors (Lipinski definition) is 7. The van der Waals surface area contributed by atoms with Crippen molar-refractivity contribution < 1.29 is 9.47 Å². The molecule has 0 radical (unpaired) electrons. The van der Waals surface area contributed by atoms with Crippen LogP contribution in [0.4, 0.5) is 0 Å². The van der Waals surface area contributed by atoms with E-state index in [4.69, 9.17) is 14.5 Å². The number of rotatable bonds is 6. The molecule has 32 heavy (non-hydrogen) atoms. The highest BCUT2D eigenvalue weighted by molar-refractivity contribution is 7.96. The van der Waals surface area contributed by atoms with Crippen LogP contribution in [0.2, 0.25) is 0 Å². The minimum Gasteiger partial charge on any atom is -0.473 e. The van der Waals surface area contributed by atoms with Crippen molar-refractivity contribution in [1.29, 1.82) is 0 Å². The minimum absolute atomic E-state index is 0.123. The largest absolute Gasteiger partial charge is 0.473 e. The van der Waals surface area contributed by atoms with E-state index in [0.29, 0.717) is 23.9 Å². The van der Waals surface area contributed by atoms with Crippen molar-refractivity contribution in [3.8, 4) is 17.1 Å². The van der Waals surface area contributed by atoms with Crippen LogP contribution in [-0.4, -0.2) is 57.9 Å². The molecule has 2 aliphatic heterocycles. The van der Waals surface area contributed by atoms with Crippen molar-refractivity contribution in [2.75, 3.05) is 32.6 Å². The van der Waals surface area contributed by atoms with E-state index in [1.807, 2.05) is 18.0 Å². The predicted molar refractivity (Wildman–Crippen MR) is 129 cm³/mol. The number of fused-ring (bicyclic) bond motifs is 1. The summed E-state index contributed by atoms with van der Waals surface area (Å²) in [6, 6.07) is 10.9. The predicted octanol–water partition coefficient (Wildman–Crippen LogP) is 5.10. The highest BCUT2D eigenvalue weighted by atomic mass is 32.2. The molecular weight excluding hydrogens is 420 g/mol. The van der Waals surface area contributed by atoms with E-state index in [1.165, 1.54) is 24.8 Å². The molecular formula is C25H30N4O2S. The maximum absolute atomic E-state index is 6.12. The molecule has 0 saturated carbocycles. The van der Waals surface area contributed by atoms with Gasteiger partial charge in [0.2, 0.25) is 5.88 Å². The number of piperidine rings is 1. The highest BCUT2D eigenvalue weighted by Gasteiger charge is 2.21. The first-order chi connectivity index (χ1) is 15.8. The lowest BCUT2D eigenvalue weighted by Gasteiger charge is -2.30. The molecule has 2 saturated heterocycles. The normalized spacial score (nSPS) is 20.5. The second-order valence-corrected chi connectivity index (χ2v) is 9.43. The molecule has 168 valence electrons. The lowest BCUT2D eigenvalue weighted by molar-refractivity contribution is -0.0116. The number of pyridine rings is 1. The van der Waals surface area contributed by atoms with Crippen LogP contribution >= 0.6 is 11.9 Å². The topological polar surface area (TPSA) is 60.4 Å². The molecule has 4 heterocycles. The van der Waals surface area contributed by atoms with Crippen LogP contribution in [0.3, 0.4) is 0 Å². The third kappa shape index (κ3) is 4.90. The molecule has 0 amide bonds. The summed E-state index contributed by atoms with van der Waals surface area (Å²) in [6.45, 7) is 3.62. The van der Waals surface area contributed by atoms with Crippen LogP contribution in [0.1, 0.15) is 43.6 Å². The van der Waals surface area contributed by atoms with Gasteiger partial charge < -0.3 is 9.47 Å². The van der Waals surface area contributed by atoms with E-state index in [-0.39, 0.29) is 6.10 Å². The monoisotopic (exact) mass is 450 g/mol. The van der Waals surface area contributed by atoms with E-state index in [0.717, 1.165) is 49.3 Å². The standard InChI is InChI=1S/C25H30N4O2S/c1-32-29-13-9-19(10-14-29)18-5-7-20(8-6-18)22-16-23-24(27-12-11-26-23)25(28-22)31-17-21-4-2-3-15-30-21/h5-8,11-12,16,19,21H,2-4,9-10,13-15,17H2,1H3. The van der Waals surface area contributed by atoms with Gasteiger partial charge in [0.15, 0.2) is 5.52 Å². The fraction of sp³-hybridized carbons (Fsp3) is 0.480. The van der Waals surface area contributed by atoms with Crippen LogP contribution < -0.4 is 4.74 Å². The number of ether oxygens (including phenoxy) is 2. The molecule has 2 fully saturated rings. The second kappa shape index (κ2) is 10.1. The summed E-state index contributed by atoms with van der Waals surface area (Å²) in [5.74, 6) is 1.17. The van der Waals surface area contributed by atoms with Gasteiger partial charge in [0, 0.05) is 37.7 Å². The molecule has 0 aliphatic carbocycles. The van der Waals surface area contributed by atoms with Crippen LogP contribution in [0.15, 0.2) is 42.7 Å². The lowest BCUT2D eigenvalue weighted by Crippen LogP contribution is -2.27. The minimum atomic E-state index is 0.123. The zero-order chi connectivity index (χ0) is 21.8. The summed E-state index contributed by atoms with van der Waals surface area (Å²) in [5.41, 5.74) is 4.85. The molecule has 0 bridgehead atoms. The SMILES string of the molecule is CSN1CCC(c2ccc(-c3cc4nccnc4c(OCC4CCCCO4)n3)cc2)CC1. The molecule has 2 aliphatic rings. The summed E-state index contributed by atoms with van der Waals surface area (Å²) in [6.07, 6.45) is 11.5. The first kappa shape index (κ1) is 21.6. The Labute approximate surface area is 193 Å². The van der Waals surface area contributed by atoms with Crippen molar-refractivity contribution in [2.45, 2.75) is 44.1 Å². The van der Waals surface area contributed by atoms with Gasteiger partial charge in [-0.25, -0.2) is 9.97 Å². The van der Waals surface area contributed by atoms with Crippen LogP contribution in [0, 0.1) is 0 Å². The fourth-order valence-electron chi connectivity index (χ4n) is 4.60. The fourth-order valence-corrected chi connectivity index (χ4v) is 5.18. The molecule has 6 nitrogen and oxygen atoms in total. The Morgan fingerprint density at radius 3 is 2.62 bits per heavy atom. The zero-order valence-corrected chi connectivity index (χ0v) is 19.4. The number of nitrogens with zero attached hydrogens (tertiary/aromatic N) is 4. The highest BCUT2D eigenvalue weighted by Crippen LogP contribution is 2.32. The molecule has 5 rings (SSSR count). The Bertz CT molecular complexity index is 1030. The molecule has 2 aromatic heterocycles. The number of hydrogen-bond donors (Lipinski definition) is 0. The quantitative estimate of drug-likeness (QED) is 0.484. The molecule has 7 heteroatoms. The van der Waals surface area contributed by atoms with Gasteiger partial charge in [-0.05, 0) is 55.9 Å². The van der Waals surface area contributed by atoms with Crippen LogP contribution in [0.25, 0.3) is 22.3 Å². The first-order valence-electron chi connectivity index (χ1n) is 11.6. The lowest BCUT2D eigenvalue weighted by atomic mass is 9.89. The molecule has 3 aromatic rings. The smallest absolute Gasteiger partial charge is 0.242 e. The van der Waals surface area contributed by atoms with E-state index >= 15 is 0 Å².